The minimum atomic E-state index is -3.94. The number of rotatable bonds is 5. The zero-order valence-corrected chi connectivity index (χ0v) is 14.8. The molecule has 0 aliphatic rings. The predicted octanol–water partition coefficient (Wildman–Crippen LogP) is 2.81. The Hall–Kier alpha value is -2.32. The van der Waals surface area contributed by atoms with Crippen molar-refractivity contribution in [1.82, 2.24) is 4.72 Å². The zero-order chi connectivity index (χ0) is 18.8. The van der Waals surface area contributed by atoms with Crippen molar-refractivity contribution in [2.45, 2.75) is 25.7 Å². The molecule has 0 heterocycles. The predicted molar refractivity (Wildman–Crippen MR) is 90.8 cm³/mol. The smallest absolute Gasteiger partial charge is 0.241 e. The van der Waals surface area contributed by atoms with E-state index in [-0.39, 0.29) is 4.90 Å². The van der Waals surface area contributed by atoms with Gasteiger partial charge in [-0.2, -0.15) is 0 Å². The first-order chi connectivity index (χ1) is 11.6. The van der Waals surface area contributed by atoms with Crippen LogP contribution in [0.3, 0.4) is 0 Å². The number of sulfonamides is 1. The summed E-state index contributed by atoms with van der Waals surface area (Å²) in [5.41, 5.74) is 1.40. The number of hydrogen-bond acceptors (Lipinski definition) is 3. The quantitative estimate of drug-likeness (QED) is 0.852. The topological polar surface area (TPSA) is 75.3 Å². The maximum Gasteiger partial charge on any atom is 0.241 e. The summed E-state index contributed by atoms with van der Waals surface area (Å²) in [7, 11) is -3.94. The van der Waals surface area contributed by atoms with Gasteiger partial charge < -0.3 is 5.32 Å². The third kappa shape index (κ3) is 4.40. The van der Waals surface area contributed by atoms with Gasteiger partial charge in [-0.25, -0.2) is 21.9 Å². The Kier molecular flexibility index (Phi) is 5.54. The van der Waals surface area contributed by atoms with Gasteiger partial charge in [0.1, 0.15) is 17.3 Å². The number of benzene rings is 2. The summed E-state index contributed by atoms with van der Waals surface area (Å²) in [6.07, 6.45) is 0. The lowest BCUT2D eigenvalue weighted by Gasteiger charge is -2.13. The van der Waals surface area contributed by atoms with Gasteiger partial charge in [0.05, 0.1) is 11.4 Å². The van der Waals surface area contributed by atoms with Crippen LogP contribution in [0.1, 0.15) is 16.7 Å². The second kappa shape index (κ2) is 7.28. The monoisotopic (exact) mass is 368 g/mol. The van der Waals surface area contributed by atoms with E-state index >= 15 is 0 Å². The first-order valence-corrected chi connectivity index (χ1v) is 8.91. The maximum atomic E-state index is 13.5. The Bertz CT molecular complexity index is 884. The van der Waals surface area contributed by atoms with E-state index in [0.717, 1.165) is 23.8 Å². The average molecular weight is 368 g/mol. The molecule has 2 aromatic rings. The summed E-state index contributed by atoms with van der Waals surface area (Å²) in [4.78, 5) is 11.9. The standard InChI is InChI=1S/C17H18F2N2O3S/c1-10-7-11(2)17(12(3)8-10)25(23,24)20-9-15(22)21-16-13(18)5-4-6-14(16)19/h4-8,20H,9H2,1-3H3,(H,21,22). The molecule has 25 heavy (non-hydrogen) atoms. The Labute approximate surface area is 145 Å². The largest absolute Gasteiger partial charge is 0.320 e. The van der Waals surface area contributed by atoms with Crippen LogP contribution < -0.4 is 10.0 Å². The number of hydrogen-bond donors (Lipinski definition) is 2. The number of carbonyl (C=O) groups excluding carboxylic acids is 1. The van der Waals surface area contributed by atoms with Gasteiger partial charge in [-0.1, -0.05) is 23.8 Å². The Morgan fingerprint density at radius 2 is 1.56 bits per heavy atom. The molecular formula is C17H18F2N2O3S. The molecule has 0 unspecified atom stereocenters. The summed E-state index contributed by atoms with van der Waals surface area (Å²) in [6, 6.07) is 6.57. The molecule has 0 saturated heterocycles. The molecule has 0 aliphatic heterocycles. The first kappa shape index (κ1) is 19.0. The van der Waals surface area contributed by atoms with E-state index in [1.54, 1.807) is 26.0 Å². The maximum absolute atomic E-state index is 13.5. The highest BCUT2D eigenvalue weighted by Gasteiger charge is 2.21. The van der Waals surface area contributed by atoms with Gasteiger partial charge in [-0.05, 0) is 44.0 Å². The van der Waals surface area contributed by atoms with E-state index in [0.29, 0.717) is 11.1 Å². The molecule has 0 aromatic heterocycles. The van der Waals surface area contributed by atoms with Crippen LogP contribution in [0.4, 0.5) is 14.5 Å². The lowest BCUT2D eigenvalue weighted by atomic mass is 10.1. The third-order valence-corrected chi connectivity index (χ3v) is 5.23. The summed E-state index contributed by atoms with van der Waals surface area (Å²) in [6.45, 7) is 4.51. The minimum absolute atomic E-state index is 0.0861. The van der Waals surface area contributed by atoms with Crippen LogP contribution in [0.25, 0.3) is 0 Å². The molecule has 2 rings (SSSR count). The van der Waals surface area contributed by atoms with E-state index in [9.17, 15) is 22.0 Å². The van der Waals surface area contributed by atoms with Gasteiger partial charge in [-0.15, -0.1) is 0 Å². The van der Waals surface area contributed by atoms with Crippen LogP contribution in [-0.2, 0) is 14.8 Å². The molecule has 0 bridgehead atoms. The van der Waals surface area contributed by atoms with Crippen LogP contribution in [0, 0.1) is 32.4 Å². The van der Waals surface area contributed by atoms with Gasteiger partial charge in [0.2, 0.25) is 15.9 Å². The molecule has 0 radical (unpaired) electrons. The molecule has 0 spiro atoms. The number of nitrogens with one attached hydrogen (secondary N) is 2. The van der Waals surface area contributed by atoms with Crippen molar-refractivity contribution < 1.29 is 22.0 Å². The number of amides is 1. The van der Waals surface area contributed by atoms with Crippen molar-refractivity contribution in [3.8, 4) is 0 Å². The van der Waals surface area contributed by atoms with Crippen molar-refractivity contribution >= 4 is 21.6 Å². The van der Waals surface area contributed by atoms with E-state index in [2.05, 4.69) is 4.72 Å². The van der Waals surface area contributed by atoms with Crippen LogP contribution in [0.15, 0.2) is 35.2 Å². The molecule has 5 nitrogen and oxygen atoms in total. The molecule has 0 aliphatic carbocycles. The Morgan fingerprint density at radius 3 is 2.08 bits per heavy atom. The molecule has 0 fully saturated rings. The van der Waals surface area contributed by atoms with E-state index in [4.69, 9.17) is 0 Å². The first-order valence-electron chi connectivity index (χ1n) is 7.43. The second-order valence-corrected chi connectivity index (χ2v) is 7.40. The molecule has 0 atom stereocenters. The highest BCUT2D eigenvalue weighted by atomic mass is 32.2. The molecule has 134 valence electrons. The molecule has 2 aromatic carbocycles. The zero-order valence-electron chi connectivity index (χ0n) is 14.0. The van der Waals surface area contributed by atoms with E-state index in [1.165, 1.54) is 0 Å². The number of anilines is 1. The van der Waals surface area contributed by atoms with Gasteiger partial charge >= 0.3 is 0 Å². The van der Waals surface area contributed by atoms with Crippen molar-refractivity contribution in [1.29, 1.82) is 0 Å². The summed E-state index contributed by atoms with van der Waals surface area (Å²) < 4.78 is 54.0. The molecule has 0 saturated carbocycles. The van der Waals surface area contributed by atoms with E-state index < -0.39 is 39.8 Å². The van der Waals surface area contributed by atoms with Crippen LogP contribution in [-0.4, -0.2) is 20.9 Å². The van der Waals surface area contributed by atoms with Crippen LogP contribution in [0.5, 0.6) is 0 Å². The second-order valence-electron chi connectivity index (χ2n) is 5.70. The average Bonchev–Trinajstić information content (AvgIpc) is 2.48. The minimum Gasteiger partial charge on any atom is -0.320 e. The highest BCUT2D eigenvalue weighted by Crippen LogP contribution is 2.21. The fourth-order valence-electron chi connectivity index (χ4n) is 2.62. The SMILES string of the molecule is Cc1cc(C)c(S(=O)(=O)NCC(=O)Nc2c(F)cccc2F)c(C)c1. The number of aryl methyl sites for hydroxylation is 3. The highest BCUT2D eigenvalue weighted by molar-refractivity contribution is 7.89. The van der Waals surface area contributed by atoms with Crippen molar-refractivity contribution in [2.24, 2.45) is 0 Å². The number of para-hydroxylation sites is 1. The lowest BCUT2D eigenvalue weighted by molar-refractivity contribution is -0.115. The fraction of sp³-hybridized carbons (Fsp3) is 0.235. The molecule has 8 heteroatoms. The Balaban J connectivity index is 2.14. The fourth-order valence-corrected chi connectivity index (χ4v) is 4.06. The normalized spacial score (nSPS) is 11.4. The molecular weight excluding hydrogens is 350 g/mol. The van der Waals surface area contributed by atoms with E-state index in [1.807, 2.05) is 12.2 Å². The van der Waals surface area contributed by atoms with Gasteiger partial charge in [-0.3, -0.25) is 4.79 Å². The summed E-state index contributed by atoms with van der Waals surface area (Å²) in [5, 5.41) is 2.02. The van der Waals surface area contributed by atoms with Crippen molar-refractivity contribution in [3.63, 3.8) is 0 Å². The van der Waals surface area contributed by atoms with Crippen molar-refractivity contribution in [2.75, 3.05) is 11.9 Å². The third-order valence-electron chi connectivity index (χ3n) is 3.52. The summed E-state index contributed by atoms with van der Waals surface area (Å²) in [5.74, 6) is -2.77. The van der Waals surface area contributed by atoms with Crippen LogP contribution >= 0.6 is 0 Å². The van der Waals surface area contributed by atoms with Crippen LogP contribution in [0.2, 0.25) is 0 Å². The lowest BCUT2D eigenvalue weighted by Crippen LogP contribution is -2.34. The van der Waals surface area contributed by atoms with Gasteiger partial charge in [0.25, 0.3) is 0 Å². The molecule has 2 N–H and O–H groups in total. The van der Waals surface area contributed by atoms with Gasteiger partial charge in [0, 0.05) is 0 Å². The number of carbonyl (C=O) groups is 1. The van der Waals surface area contributed by atoms with Crippen molar-refractivity contribution in [3.05, 3.63) is 58.7 Å². The summed E-state index contributed by atoms with van der Waals surface area (Å²) >= 11 is 0. The Morgan fingerprint density at radius 1 is 1.04 bits per heavy atom. The van der Waals surface area contributed by atoms with Gasteiger partial charge in [0.15, 0.2) is 0 Å². The number of halogens is 2. The molecule has 1 amide bonds.